The van der Waals surface area contributed by atoms with Crippen LogP contribution >= 0.6 is 39.9 Å². The highest BCUT2D eigenvalue weighted by Crippen LogP contribution is 2.24. The van der Waals surface area contributed by atoms with Crippen molar-refractivity contribution in [3.8, 4) is 0 Å². The summed E-state index contributed by atoms with van der Waals surface area (Å²) in [7, 11) is 0. The molecule has 0 aliphatic heterocycles. The zero-order valence-corrected chi connectivity index (χ0v) is 15.0. The molecular formula is C15H16BrFN2S2. The Bertz CT molecular complexity index is 668. The van der Waals surface area contributed by atoms with E-state index in [0.29, 0.717) is 16.3 Å². The molecule has 0 aliphatic rings. The summed E-state index contributed by atoms with van der Waals surface area (Å²) in [6.07, 6.45) is 0.918. The molecule has 1 aromatic carbocycles. The molecule has 0 radical (unpaired) electrons. The van der Waals surface area contributed by atoms with Gasteiger partial charge >= 0.3 is 0 Å². The first-order valence-corrected chi connectivity index (χ1v) is 8.80. The Morgan fingerprint density at radius 2 is 2.00 bits per heavy atom. The summed E-state index contributed by atoms with van der Waals surface area (Å²) in [6.45, 7) is 4.33. The summed E-state index contributed by atoms with van der Waals surface area (Å²) in [4.78, 5) is 8.74. The van der Waals surface area contributed by atoms with E-state index in [1.54, 1.807) is 23.9 Å². The van der Waals surface area contributed by atoms with Crippen LogP contribution in [-0.4, -0.2) is 9.97 Å². The number of aromatic amines is 1. The molecule has 0 spiro atoms. The Kier molecular flexibility index (Phi) is 5.96. The molecule has 0 saturated heterocycles. The van der Waals surface area contributed by atoms with Crippen LogP contribution < -0.4 is 0 Å². The minimum Gasteiger partial charge on any atom is -0.345 e. The second kappa shape index (κ2) is 7.51. The molecule has 0 fully saturated rings. The highest BCUT2D eigenvalue weighted by atomic mass is 79.9. The predicted molar refractivity (Wildman–Crippen MR) is 91.6 cm³/mol. The number of nitrogens with zero attached hydrogens (tertiary/aromatic N) is 1. The van der Waals surface area contributed by atoms with Crippen molar-refractivity contribution in [2.24, 2.45) is 5.92 Å². The summed E-state index contributed by atoms with van der Waals surface area (Å²) in [6, 6.07) is 6.46. The van der Waals surface area contributed by atoms with E-state index >= 15 is 0 Å². The fourth-order valence-electron chi connectivity index (χ4n) is 1.86. The fourth-order valence-corrected chi connectivity index (χ4v) is 3.21. The summed E-state index contributed by atoms with van der Waals surface area (Å²) >= 11 is 10.4. The van der Waals surface area contributed by atoms with Crippen LogP contribution in [0.5, 0.6) is 0 Å². The average Bonchev–Trinajstić information content (AvgIpc) is 2.43. The molecule has 112 valence electrons. The number of rotatable bonds is 5. The summed E-state index contributed by atoms with van der Waals surface area (Å²) in [5.41, 5.74) is 1.08. The average molecular weight is 387 g/mol. The van der Waals surface area contributed by atoms with Crippen LogP contribution in [0, 0.1) is 16.4 Å². The molecule has 6 heteroatoms. The SMILES string of the molecule is CC(C)Cc1[nH]c(CSc2ccc(F)cc2)nc(=S)c1Br. The Morgan fingerprint density at radius 1 is 1.33 bits per heavy atom. The summed E-state index contributed by atoms with van der Waals surface area (Å²) in [5.74, 6) is 1.83. The van der Waals surface area contributed by atoms with Gasteiger partial charge in [-0.1, -0.05) is 26.1 Å². The minimum atomic E-state index is -0.222. The standard InChI is InChI=1S/C15H16BrFN2S2/c1-9(2)7-12-14(16)15(20)19-13(18-12)8-21-11-5-3-10(17)4-6-11/h3-6,9H,7-8H2,1-2H3,(H,18,19,20). The number of hydrogen-bond acceptors (Lipinski definition) is 3. The Balaban J connectivity index is 2.14. The smallest absolute Gasteiger partial charge is 0.144 e. The number of benzene rings is 1. The van der Waals surface area contributed by atoms with Crippen molar-refractivity contribution in [3.05, 3.63) is 50.7 Å². The molecular weight excluding hydrogens is 371 g/mol. The van der Waals surface area contributed by atoms with Gasteiger partial charge in [0.25, 0.3) is 0 Å². The second-order valence-corrected chi connectivity index (χ2v) is 7.35. The Morgan fingerprint density at radius 3 is 2.62 bits per heavy atom. The zero-order chi connectivity index (χ0) is 15.4. The normalized spacial score (nSPS) is 11.1. The van der Waals surface area contributed by atoms with Gasteiger partial charge in [0, 0.05) is 10.6 Å². The maximum absolute atomic E-state index is 12.9. The molecule has 1 N–H and O–H groups in total. The van der Waals surface area contributed by atoms with Crippen LogP contribution in [0.25, 0.3) is 0 Å². The van der Waals surface area contributed by atoms with Gasteiger partial charge in [0.2, 0.25) is 0 Å². The number of aromatic nitrogens is 2. The van der Waals surface area contributed by atoms with Crippen LogP contribution in [0.15, 0.2) is 33.6 Å². The first kappa shape index (κ1) is 16.6. The number of H-pyrrole nitrogens is 1. The molecule has 0 aliphatic carbocycles. The Hall–Kier alpha value is -0.720. The monoisotopic (exact) mass is 386 g/mol. The molecule has 2 aromatic rings. The molecule has 2 rings (SSSR count). The lowest BCUT2D eigenvalue weighted by Crippen LogP contribution is -2.04. The zero-order valence-electron chi connectivity index (χ0n) is 11.8. The third-order valence-electron chi connectivity index (χ3n) is 2.79. The van der Waals surface area contributed by atoms with Crippen LogP contribution in [0.2, 0.25) is 0 Å². The van der Waals surface area contributed by atoms with E-state index in [-0.39, 0.29) is 5.82 Å². The van der Waals surface area contributed by atoms with Gasteiger partial charge in [-0.25, -0.2) is 9.37 Å². The lowest BCUT2D eigenvalue weighted by atomic mass is 10.1. The van der Waals surface area contributed by atoms with Crippen molar-refractivity contribution in [2.45, 2.75) is 30.9 Å². The van der Waals surface area contributed by atoms with Crippen molar-refractivity contribution < 1.29 is 4.39 Å². The van der Waals surface area contributed by atoms with Crippen LogP contribution in [-0.2, 0) is 12.2 Å². The highest BCUT2D eigenvalue weighted by molar-refractivity contribution is 9.10. The molecule has 2 nitrogen and oxygen atoms in total. The second-order valence-electron chi connectivity index (χ2n) is 5.12. The molecule has 1 aromatic heterocycles. The van der Waals surface area contributed by atoms with Crippen molar-refractivity contribution in [3.63, 3.8) is 0 Å². The molecule has 0 saturated carbocycles. The van der Waals surface area contributed by atoms with E-state index in [1.165, 1.54) is 12.1 Å². The molecule has 21 heavy (non-hydrogen) atoms. The number of hydrogen-bond donors (Lipinski definition) is 1. The maximum Gasteiger partial charge on any atom is 0.144 e. The van der Waals surface area contributed by atoms with E-state index in [2.05, 4.69) is 39.7 Å². The van der Waals surface area contributed by atoms with Gasteiger partial charge in [-0.05, 0) is 52.5 Å². The van der Waals surface area contributed by atoms with Crippen molar-refractivity contribution in [2.75, 3.05) is 0 Å². The van der Waals surface area contributed by atoms with E-state index in [1.807, 2.05) is 0 Å². The van der Waals surface area contributed by atoms with Gasteiger partial charge < -0.3 is 4.98 Å². The lowest BCUT2D eigenvalue weighted by Gasteiger charge is -2.10. The van der Waals surface area contributed by atoms with Gasteiger partial charge in [-0.2, -0.15) is 0 Å². The van der Waals surface area contributed by atoms with E-state index in [9.17, 15) is 4.39 Å². The quantitative estimate of drug-likeness (QED) is 0.540. The number of thioether (sulfide) groups is 1. The third kappa shape index (κ3) is 4.90. The first-order chi connectivity index (χ1) is 9.95. The molecule has 0 unspecified atom stereocenters. The number of halogens is 2. The summed E-state index contributed by atoms with van der Waals surface area (Å²) < 4.78 is 14.3. The van der Waals surface area contributed by atoms with Gasteiger partial charge in [-0.3, -0.25) is 0 Å². The van der Waals surface area contributed by atoms with Crippen LogP contribution in [0.4, 0.5) is 4.39 Å². The maximum atomic E-state index is 12.9. The van der Waals surface area contributed by atoms with Crippen molar-refractivity contribution in [1.82, 2.24) is 9.97 Å². The molecule has 1 heterocycles. The van der Waals surface area contributed by atoms with Crippen LogP contribution in [0.3, 0.4) is 0 Å². The predicted octanol–water partition coefficient (Wildman–Crippen LogP) is 5.53. The van der Waals surface area contributed by atoms with Gasteiger partial charge in [0.05, 0.1) is 10.2 Å². The van der Waals surface area contributed by atoms with Crippen molar-refractivity contribution >= 4 is 39.9 Å². The highest BCUT2D eigenvalue weighted by Gasteiger charge is 2.08. The third-order valence-corrected chi connectivity index (χ3v) is 5.22. The minimum absolute atomic E-state index is 0.222. The lowest BCUT2D eigenvalue weighted by molar-refractivity contribution is 0.626. The Labute approximate surface area is 141 Å². The van der Waals surface area contributed by atoms with Gasteiger partial charge in [-0.15, -0.1) is 11.8 Å². The fraction of sp³-hybridized carbons (Fsp3) is 0.333. The van der Waals surface area contributed by atoms with E-state index in [0.717, 1.165) is 27.3 Å². The molecule has 0 amide bonds. The molecule has 0 bridgehead atoms. The topological polar surface area (TPSA) is 28.7 Å². The van der Waals surface area contributed by atoms with Crippen LogP contribution in [0.1, 0.15) is 25.4 Å². The van der Waals surface area contributed by atoms with Gasteiger partial charge in [0.15, 0.2) is 0 Å². The van der Waals surface area contributed by atoms with Crippen molar-refractivity contribution in [1.29, 1.82) is 0 Å². The summed E-state index contributed by atoms with van der Waals surface area (Å²) in [5, 5.41) is 0. The van der Waals surface area contributed by atoms with E-state index < -0.39 is 0 Å². The first-order valence-electron chi connectivity index (χ1n) is 6.61. The largest absolute Gasteiger partial charge is 0.345 e. The number of nitrogens with one attached hydrogen (secondary N) is 1. The van der Waals surface area contributed by atoms with Gasteiger partial charge in [0.1, 0.15) is 16.3 Å². The van der Waals surface area contributed by atoms with E-state index in [4.69, 9.17) is 12.2 Å². The molecule has 0 atom stereocenters.